The molecule has 0 amide bonds. The molecule has 1 aromatic carbocycles. The molecule has 0 spiro atoms. The van der Waals surface area contributed by atoms with Crippen molar-refractivity contribution in [2.75, 3.05) is 18.1 Å². The third kappa shape index (κ3) is 2.44. The van der Waals surface area contributed by atoms with Crippen LogP contribution < -0.4 is 5.32 Å². The van der Waals surface area contributed by atoms with E-state index in [4.69, 9.17) is 5.26 Å². The first-order valence-corrected chi connectivity index (χ1v) is 6.37. The lowest BCUT2D eigenvalue weighted by molar-refractivity contribution is 0.572. The van der Waals surface area contributed by atoms with Gasteiger partial charge in [-0.05, 0) is 17.7 Å². The first kappa shape index (κ1) is 10.3. The van der Waals surface area contributed by atoms with Crippen molar-refractivity contribution in [3.63, 3.8) is 0 Å². The van der Waals surface area contributed by atoms with E-state index in [0.29, 0.717) is 11.3 Å². The Morgan fingerprint density at radius 3 is 3.13 bits per heavy atom. The number of nitrogens with one attached hydrogen (secondary N) is 1. The van der Waals surface area contributed by atoms with E-state index in [-0.39, 0.29) is 6.04 Å². The van der Waals surface area contributed by atoms with E-state index < -0.39 is 10.8 Å². The summed E-state index contributed by atoms with van der Waals surface area (Å²) in [6.07, 6.45) is 0. The second kappa shape index (κ2) is 4.56. The maximum Gasteiger partial charge on any atom is 0.0991 e. The SMILES string of the molecule is N#Cc1cccc(C2CS(=O)CCN2)c1. The Hall–Kier alpha value is -1.18. The largest absolute Gasteiger partial charge is 0.308 e. The zero-order valence-electron chi connectivity index (χ0n) is 8.27. The zero-order valence-corrected chi connectivity index (χ0v) is 9.09. The number of nitrogens with zero attached hydrogens (tertiary/aromatic N) is 1. The molecule has 1 saturated heterocycles. The van der Waals surface area contributed by atoms with Gasteiger partial charge in [-0.3, -0.25) is 4.21 Å². The van der Waals surface area contributed by atoms with E-state index in [1.165, 1.54) is 0 Å². The molecule has 4 heteroatoms. The highest BCUT2D eigenvalue weighted by Crippen LogP contribution is 2.17. The molecule has 0 aromatic heterocycles. The molecular weight excluding hydrogens is 208 g/mol. The smallest absolute Gasteiger partial charge is 0.0991 e. The fourth-order valence-corrected chi connectivity index (χ4v) is 2.91. The summed E-state index contributed by atoms with van der Waals surface area (Å²) in [5.41, 5.74) is 1.72. The van der Waals surface area contributed by atoms with Gasteiger partial charge in [0.25, 0.3) is 0 Å². The van der Waals surface area contributed by atoms with Crippen LogP contribution >= 0.6 is 0 Å². The maximum atomic E-state index is 11.4. The van der Waals surface area contributed by atoms with Crippen LogP contribution in [0.1, 0.15) is 17.2 Å². The number of hydrogen-bond acceptors (Lipinski definition) is 3. The summed E-state index contributed by atoms with van der Waals surface area (Å²) in [6, 6.07) is 9.73. The van der Waals surface area contributed by atoms with Crippen molar-refractivity contribution in [1.82, 2.24) is 5.32 Å². The van der Waals surface area contributed by atoms with Gasteiger partial charge in [0.1, 0.15) is 0 Å². The quantitative estimate of drug-likeness (QED) is 0.766. The van der Waals surface area contributed by atoms with Crippen LogP contribution in [0.4, 0.5) is 0 Å². The molecule has 0 radical (unpaired) electrons. The summed E-state index contributed by atoms with van der Waals surface area (Å²) >= 11 is 0. The summed E-state index contributed by atoms with van der Waals surface area (Å²) in [5.74, 6) is 1.38. The van der Waals surface area contributed by atoms with Gasteiger partial charge < -0.3 is 5.32 Å². The Morgan fingerprint density at radius 2 is 2.40 bits per heavy atom. The number of hydrogen-bond donors (Lipinski definition) is 1. The molecule has 2 atom stereocenters. The topological polar surface area (TPSA) is 52.9 Å². The van der Waals surface area contributed by atoms with Crippen LogP contribution in [0.15, 0.2) is 24.3 Å². The zero-order chi connectivity index (χ0) is 10.7. The molecule has 15 heavy (non-hydrogen) atoms. The number of nitriles is 1. The van der Waals surface area contributed by atoms with E-state index in [9.17, 15) is 4.21 Å². The number of benzene rings is 1. The van der Waals surface area contributed by atoms with E-state index in [1.807, 2.05) is 18.2 Å². The summed E-state index contributed by atoms with van der Waals surface area (Å²) in [5, 5.41) is 12.1. The first-order valence-electron chi connectivity index (χ1n) is 4.88. The summed E-state index contributed by atoms with van der Waals surface area (Å²) in [6.45, 7) is 0.786. The van der Waals surface area contributed by atoms with Crippen molar-refractivity contribution in [3.05, 3.63) is 35.4 Å². The molecule has 3 nitrogen and oxygen atoms in total. The lowest BCUT2D eigenvalue weighted by Crippen LogP contribution is -2.36. The van der Waals surface area contributed by atoms with Crippen molar-refractivity contribution in [2.24, 2.45) is 0 Å². The molecule has 1 aliphatic rings. The molecule has 0 bridgehead atoms. The Bertz CT molecular complexity index is 425. The van der Waals surface area contributed by atoms with Crippen molar-refractivity contribution < 1.29 is 4.21 Å². The van der Waals surface area contributed by atoms with E-state index in [1.54, 1.807) is 6.07 Å². The molecule has 1 N–H and O–H groups in total. The van der Waals surface area contributed by atoms with Gasteiger partial charge in [0.2, 0.25) is 0 Å². The van der Waals surface area contributed by atoms with Gasteiger partial charge in [0.05, 0.1) is 11.6 Å². The first-order chi connectivity index (χ1) is 7.29. The van der Waals surface area contributed by atoms with Gasteiger partial charge in [-0.1, -0.05) is 12.1 Å². The summed E-state index contributed by atoms with van der Waals surface area (Å²) in [7, 11) is -0.725. The normalized spacial score (nSPS) is 25.8. The van der Waals surface area contributed by atoms with Crippen molar-refractivity contribution in [3.8, 4) is 6.07 Å². The standard InChI is InChI=1S/C11H12N2OS/c12-7-9-2-1-3-10(6-9)11-8-15(14)5-4-13-11/h1-3,6,11,13H,4-5,8H2. The lowest BCUT2D eigenvalue weighted by atomic mass is 10.1. The van der Waals surface area contributed by atoms with Crippen LogP contribution in [0.25, 0.3) is 0 Å². The molecular formula is C11H12N2OS. The second-order valence-electron chi connectivity index (χ2n) is 3.55. The van der Waals surface area contributed by atoms with E-state index in [0.717, 1.165) is 17.9 Å². The third-order valence-electron chi connectivity index (χ3n) is 2.49. The van der Waals surface area contributed by atoms with Gasteiger partial charge in [-0.2, -0.15) is 5.26 Å². The van der Waals surface area contributed by atoms with Crippen molar-refractivity contribution in [2.45, 2.75) is 6.04 Å². The van der Waals surface area contributed by atoms with Crippen LogP contribution in [0.3, 0.4) is 0 Å². The Labute approximate surface area is 91.6 Å². The highest BCUT2D eigenvalue weighted by molar-refractivity contribution is 7.85. The molecule has 0 saturated carbocycles. The van der Waals surface area contributed by atoms with E-state index in [2.05, 4.69) is 11.4 Å². The van der Waals surface area contributed by atoms with Gasteiger partial charge in [-0.25, -0.2) is 0 Å². The van der Waals surface area contributed by atoms with Gasteiger partial charge in [0.15, 0.2) is 0 Å². The van der Waals surface area contributed by atoms with Gasteiger partial charge >= 0.3 is 0 Å². The average Bonchev–Trinajstić information content (AvgIpc) is 2.29. The van der Waals surface area contributed by atoms with E-state index >= 15 is 0 Å². The highest BCUT2D eigenvalue weighted by atomic mass is 32.2. The molecule has 2 rings (SSSR count). The van der Waals surface area contributed by atoms with Crippen LogP contribution in [0.5, 0.6) is 0 Å². The van der Waals surface area contributed by atoms with Crippen LogP contribution in [0, 0.1) is 11.3 Å². The fraction of sp³-hybridized carbons (Fsp3) is 0.364. The predicted molar refractivity (Wildman–Crippen MR) is 59.8 cm³/mol. The molecule has 1 aliphatic heterocycles. The maximum absolute atomic E-state index is 11.4. The second-order valence-corrected chi connectivity index (χ2v) is 5.18. The minimum Gasteiger partial charge on any atom is -0.308 e. The summed E-state index contributed by atoms with van der Waals surface area (Å²) < 4.78 is 11.4. The Morgan fingerprint density at radius 1 is 1.53 bits per heavy atom. The average molecular weight is 220 g/mol. The Kier molecular flexibility index (Phi) is 3.14. The van der Waals surface area contributed by atoms with Crippen molar-refractivity contribution >= 4 is 10.8 Å². The number of rotatable bonds is 1. The summed E-state index contributed by atoms with van der Waals surface area (Å²) in [4.78, 5) is 0. The molecule has 1 fully saturated rings. The van der Waals surface area contributed by atoms with Crippen LogP contribution in [-0.2, 0) is 10.8 Å². The predicted octanol–water partition coefficient (Wildman–Crippen LogP) is 0.951. The third-order valence-corrected chi connectivity index (χ3v) is 3.86. The highest BCUT2D eigenvalue weighted by Gasteiger charge is 2.19. The van der Waals surface area contributed by atoms with Gasteiger partial charge in [-0.15, -0.1) is 0 Å². The fourth-order valence-electron chi connectivity index (χ4n) is 1.71. The van der Waals surface area contributed by atoms with Crippen LogP contribution in [0.2, 0.25) is 0 Å². The molecule has 1 aromatic rings. The molecule has 2 unspecified atom stereocenters. The Balaban J connectivity index is 2.21. The molecule has 78 valence electrons. The molecule has 0 aliphatic carbocycles. The minimum absolute atomic E-state index is 0.132. The van der Waals surface area contributed by atoms with Crippen molar-refractivity contribution in [1.29, 1.82) is 5.26 Å². The monoisotopic (exact) mass is 220 g/mol. The lowest BCUT2D eigenvalue weighted by Gasteiger charge is -2.23. The van der Waals surface area contributed by atoms with Gasteiger partial charge in [0, 0.05) is 34.9 Å². The molecule has 1 heterocycles. The minimum atomic E-state index is -0.725. The van der Waals surface area contributed by atoms with Crippen LogP contribution in [-0.4, -0.2) is 22.3 Å².